The number of H-pyrrole nitrogens is 1. The van der Waals surface area contributed by atoms with Crippen molar-refractivity contribution in [3.8, 4) is 0 Å². The van der Waals surface area contributed by atoms with Gasteiger partial charge in [-0.25, -0.2) is 4.79 Å². The minimum Gasteiger partial charge on any atom is -0.325 e. The molecular formula is C16H18BrN3O3. The van der Waals surface area contributed by atoms with Crippen LogP contribution in [0.4, 0.5) is 5.69 Å². The van der Waals surface area contributed by atoms with Gasteiger partial charge in [0, 0.05) is 11.9 Å². The summed E-state index contributed by atoms with van der Waals surface area (Å²) in [5, 5.41) is 2.73. The van der Waals surface area contributed by atoms with E-state index in [1.807, 2.05) is 24.3 Å². The number of hydrogen-bond donors (Lipinski definition) is 2. The molecule has 0 saturated heterocycles. The summed E-state index contributed by atoms with van der Waals surface area (Å²) in [6, 6.07) is 7.63. The maximum absolute atomic E-state index is 12.0. The van der Waals surface area contributed by atoms with Gasteiger partial charge in [-0.15, -0.1) is 0 Å². The molecule has 122 valence electrons. The molecule has 2 aromatic rings. The van der Waals surface area contributed by atoms with Crippen LogP contribution in [0.2, 0.25) is 0 Å². The summed E-state index contributed by atoms with van der Waals surface area (Å²) < 4.78 is 1.33. The van der Waals surface area contributed by atoms with E-state index in [0.717, 1.165) is 11.0 Å². The van der Waals surface area contributed by atoms with Crippen molar-refractivity contribution in [1.29, 1.82) is 0 Å². The zero-order valence-corrected chi connectivity index (χ0v) is 14.5. The van der Waals surface area contributed by atoms with Crippen molar-refractivity contribution in [3.63, 3.8) is 0 Å². The van der Waals surface area contributed by atoms with Gasteiger partial charge >= 0.3 is 5.69 Å². The van der Waals surface area contributed by atoms with Gasteiger partial charge in [0.15, 0.2) is 0 Å². The summed E-state index contributed by atoms with van der Waals surface area (Å²) >= 11 is 3.03. The SMILES string of the molecule is CCC(C)c1ccc(NC(=O)Cn2cc(Br)c(=O)[nH]c2=O)cc1. The normalized spacial score (nSPS) is 12.0. The van der Waals surface area contributed by atoms with E-state index in [-0.39, 0.29) is 16.9 Å². The fraction of sp³-hybridized carbons (Fsp3) is 0.312. The summed E-state index contributed by atoms with van der Waals surface area (Å²) in [6.07, 6.45) is 2.35. The first-order valence-electron chi connectivity index (χ1n) is 7.29. The molecule has 2 rings (SSSR count). The number of aromatic amines is 1. The molecule has 1 heterocycles. The minimum absolute atomic E-state index is 0.179. The maximum atomic E-state index is 12.0. The van der Waals surface area contributed by atoms with Crippen LogP contribution in [0.25, 0.3) is 0 Å². The third-order valence-corrected chi connectivity index (χ3v) is 4.22. The van der Waals surface area contributed by atoms with Crippen molar-refractivity contribution in [2.45, 2.75) is 32.7 Å². The van der Waals surface area contributed by atoms with Gasteiger partial charge in [0.2, 0.25) is 5.91 Å². The van der Waals surface area contributed by atoms with Crippen molar-refractivity contribution in [2.24, 2.45) is 0 Å². The highest BCUT2D eigenvalue weighted by Crippen LogP contribution is 2.20. The summed E-state index contributed by atoms with van der Waals surface area (Å²) in [5.74, 6) is 0.124. The Balaban J connectivity index is 2.07. The van der Waals surface area contributed by atoms with Crippen LogP contribution in [-0.4, -0.2) is 15.5 Å². The predicted molar refractivity (Wildman–Crippen MR) is 92.8 cm³/mol. The van der Waals surface area contributed by atoms with E-state index in [9.17, 15) is 14.4 Å². The van der Waals surface area contributed by atoms with Crippen molar-refractivity contribution in [3.05, 3.63) is 61.3 Å². The van der Waals surface area contributed by atoms with Crippen LogP contribution in [0.1, 0.15) is 31.7 Å². The molecule has 1 aromatic heterocycles. The standard InChI is InChI=1S/C16H18BrN3O3/c1-3-10(2)11-4-6-12(7-5-11)18-14(21)9-20-8-13(17)15(22)19-16(20)23/h4-8,10H,3,9H2,1-2H3,(H,18,21)(H,19,22,23). The van der Waals surface area contributed by atoms with Gasteiger partial charge in [-0.3, -0.25) is 19.1 Å². The highest BCUT2D eigenvalue weighted by Gasteiger charge is 2.08. The Kier molecular flexibility index (Phi) is 5.54. The lowest BCUT2D eigenvalue weighted by Crippen LogP contribution is -2.33. The largest absolute Gasteiger partial charge is 0.328 e. The summed E-state index contributed by atoms with van der Waals surface area (Å²) in [5.41, 5.74) is 0.734. The van der Waals surface area contributed by atoms with Crippen LogP contribution in [-0.2, 0) is 11.3 Å². The Morgan fingerprint density at radius 3 is 2.57 bits per heavy atom. The van der Waals surface area contributed by atoms with Gasteiger partial charge in [0.1, 0.15) is 6.54 Å². The van der Waals surface area contributed by atoms with Crippen molar-refractivity contribution < 1.29 is 4.79 Å². The Hall–Kier alpha value is -2.15. The van der Waals surface area contributed by atoms with E-state index in [4.69, 9.17) is 0 Å². The Bertz CT molecular complexity index is 809. The fourth-order valence-electron chi connectivity index (χ4n) is 2.09. The molecule has 0 spiro atoms. The third-order valence-electron chi connectivity index (χ3n) is 3.66. The van der Waals surface area contributed by atoms with Crippen LogP contribution in [0.3, 0.4) is 0 Å². The van der Waals surface area contributed by atoms with E-state index in [2.05, 4.69) is 40.1 Å². The first-order valence-corrected chi connectivity index (χ1v) is 8.09. The van der Waals surface area contributed by atoms with E-state index < -0.39 is 11.2 Å². The minimum atomic E-state index is -0.625. The number of rotatable bonds is 5. The van der Waals surface area contributed by atoms with Crippen molar-refractivity contribution in [1.82, 2.24) is 9.55 Å². The quantitative estimate of drug-likeness (QED) is 0.836. The highest BCUT2D eigenvalue weighted by molar-refractivity contribution is 9.10. The second-order valence-corrected chi connectivity index (χ2v) is 6.20. The lowest BCUT2D eigenvalue weighted by molar-refractivity contribution is -0.116. The molecule has 0 fully saturated rings. The van der Waals surface area contributed by atoms with Crippen molar-refractivity contribution >= 4 is 27.5 Å². The Labute approximate surface area is 141 Å². The first kappa shape index (κ1) is 17.2. The lowest BCUT2D eigenvalue weighted by Gasteiger charge is -2.11. The van der Waals surface area contributed by atoms with Gasteiger partial charge in [-0.1, -0.05) is 26.0 Å². The maximum Gasteiger partial charge on any atom is 0.328 e. The summed E-state index contributed by atoms with van der Waals surface area (Å²) in [4.78, 5) is 37.1. The molecule has 0 bridgehead atoms. The number of nitrogens with zero attached hydrogens (tertiary/aromatic N) is 1. The van der Waals surface area contributed by atoms with Crippen molar-refractivity contribution in [2.75, 3.05) is 5.32 Å². The van der Waals surface area contributed by atoms with Crippen LogP contribution >= 0.6 is 15.9 Å². The second-order valence-electron chi connectivity index (χ2n) is 5.34. The zero-order chi connectivity index (χ0) is 17.0. The molecule has 1 atom stereocenters. The number of aromatic nitrogens is 2. The molecule has 0 aliphatic heterocycles. The number of anilines is 1. The van der Waals surface area contributed by atoms with Gasteiger partial charge in [0.25, 0.3) is 5.56 Å². The molecule has 1 aromatic carbocycles. The van der Waals surface area contributed by atoms with E-state index in [0.29, 0.717) is 11.6 Å². The molecule has 7 heteroatoms. The summed E-state index contributed by atoms with van der Waals surface area (Å²) in [6.45, 7) is 4.09. The molecule has 0 saturated carbocycles. The number of carbonyl (C=O) groups is 1. The number of benzene rings is 1. The Morgan fingerprint density at radius 1 is 1.30 bits per heavy atom. The number of amides is 1. The molecule has 23 heavy (non-hydrogen) atoms. The molecule has 0 aliphatic carbocycles. The Morgan fingerprint density at radius 2 is 1.96 bits per heavy atom. The van der Waals surface area contributed by atoms with Gasteiger partial charge in [0.05, 0.1) is 4.47 Å². The van der Waals surface area contributed by atoms with Crippen LogP contribution < -0.4 is 16.6 Å². The first-order chi connectivity index (χ1) is 10.9. The number of carbonyl (C=O) groups excluding carboxylic acids is 1. The van der Waals surface area contributed by atoms with Crippen LogP contribution in [0, 0.1) is 0 Å². The second kappa shape index (κ2) is 7.41. The average molecular weight is 380 g/mol. The smallest absolute Gasteiger partial charge is 0.325 e. The topological polar surface area (TPSA) is 84.0 Å². The van der Waals surface area contributed by atoms with Crippen LogP contribution in [0.5, 0.6) is 0 Å². The molecular weight excluding hydrogens is 362 g/mol. The fourth-order valence-corrected chi connectivity index (χ4v) is 2.43. The molecule has 0 aliphatic rings. The van der Waals surface area contributed by atoms with E-state index in [1.165, 1.54) is 11.8 Å². The molecule has 2 N–H and O–H groups in total. The van der Waals surface area contributed by atoms with Gasteiger partial charge in [-0.2, -0.15) is 0 Å². The zero-order valence-electron chi connectivity index (χ0n) is 12.9. The number of nitrogens with one attached hydrogen (secondary N) is 2. The highest BCUT2D eigenvalue weighted by atomic mass is 79.9. The number of halogens is 1. The third kappa shape index (κ3) is 4.41. The molecule has 1 unspecified atom stereocenters. The molecule has 0 radical (unpaired) electrons. The predicted octanol–water partition coefficient (Wildman–Crippen LogP) is 2.45. The monoisotopic (exact) mass is 379 g/mol. The van der Waals surface area contributed by atoms with Gasteiger partial charge < -0.3 is 5.32 Å². The van der Waals surface area contributed by atoms with E-state index >= 15 is 0 Å². The van der Waals surface area contributed by atoms with E-state index in [1.54, 1.807) is 0 Å². The lowest BCUT2D eigenvalue weighted by atomic mass is 9.99. The van der Waals surface area contributed by atoms with Crippen LogP contribution in [0.15, 0.2) is 44.5 Å². The number of hydrogen-bond acceptors (Lipinski definition) is 3. The molecule has 1 amide bonds. The van der Waals surface area contributed by atoms with Gasteiger partial charge in [-0.05, 0) is 46.0 Å². The average Bonchev–Trinajstić information content (AvgIpc) is 2.52. The summed E-state index contributed by atoms with van der Waals surface area (Å²) in [7, 11) is 0. The molecule has 6 nitrogen and oxygen atoms in total.